The second-order valence-corrected chi connectivity index (χ2v) is 5.73. The van der Waals surface area contributed by atoms with Crippen LogP contribution in [0.2, 0.25) is 5.02 Å². The van der Waals surface area contributed by atoms with Gasteiger partial charge in [-0.05, 0) is 44.2 Å². The number of hydrogen-bond acceptors (Lipinski definition) is 4. The van der Waals surface area contributed by atoms with Gasteiger partial charge in [-0.15, -0.1) is 0 Å². The molecule has 1 N–H and O–H groups in total. The van der Waals surface area contributed by atoms with Gasteiger partial charge in [0.2, 0.25) is 0 Å². The van der Waals surface area contributed by atoms with Crippen LogP contribution in [0.3, 0.4) is 0 Å². The van der Waals surface area contributed by atoms with Gasteiger partial charge in [-0.3, -0.25) is 9.59 Å². The van der Waals surface area contributed by atoms with Crippen molar-refractivity contribution in [3.8, 4) is 0 Å². The average molecular weight is 364 g/mol. The molecule has 1 atom stereocenters. The zero-order valence-corrected chi connectivity index (χ0v) is 14.3. The molecule has 0 aliphatic rings. The molecule has 25 heavy (non-hydrogen) atoms. The van der Waals surface area contributed by atoms with Crippen LogP contribution in [0.5, 0.6) is 0 Å². The minimum Gasteiger partial charge on any atom is -0.449 e. The molecule has 0 radical (unpaired) electrons. The van der Waals surface area contributed by atoms with Crippen molar-refractivity contribution >= 4 is 34.9 Å². The minimum atomic E-state index is -1.17. The van der Waals surface area contributed by atoms with E-state index in [1.807, 2.05) is 0 Å². The Morgan fingerprint density at radius 2 is 1.88 bits per heavy atom. The zero-order valence-electron chi connectivity index (χ0n) is 13.5. The summed E-state index contributed by atoms with van der Waals surface area (Å²) in [5, 5.41) is 2.70. The van der Waals surface area contributed by atoms with Crippen molar-refractivity contribution in [3.63, 3.8) is 0 Å². The summed E-state index contributed by atoms with van der Waals surface area (Å²) in [6, 6.07) is 9.79. The van der Waals surface area contributed by atoms with Gasteiger partial charge < -0.3 is 10.1 Å². The maximum Gasteiger partial charge on any atom is 0.341 e. The van der Waals surface area contributed by atoms with Crippen molar-refractivity contribution in [2.75, 3.05) is 5.32 Å². The summed E-state index contributed by atoms with van der Waals surface area (Å²) in [7, 11) is 0. The summed E-state index contributed by atoms with van der Waals surface area (Å²) < 4.78 is 18.6. The van der Waals surface area contributed by atoms with E-state index in [1.54, 1.807) is 18.2 Å². The number of ketones is 1. The predicted octanol–water partition coefficient (Wildman–Crippen LogP) is 3.87. The van der Waals surface area contributed by atoms with Gasteiger partial charge in [-0.2, -0.15) is 0 Å². The van der Waals surface area contributed by atoms with E-state index in [4.69, 9.17) is 16.3 Å². The smallest absolute Gasteiger partial charge is 0.341 e. The Labute approximate surface area is 148 Å². The molecule has 0 fully saturated rings. The fourth-order valence-electron chi connectivity index (χ4n) is 1.99. The molecule has 1 unspecified atom stereocenters. The number of ether oxygens (including phenoxy) is 1. The number of halogens is 2. The van der Waals surface area contributed by atoms with Gasteiger partial charge >= 0.3 is 5.97 Å². The highest BCUT2D eigenvalue weighted by molar-refractivity contribution is 6.30. The van der Waals surface area contributed by atoms with Crippen LogP contribution in [0.15, 0.2) is 42.5 Å². The van der Waals surface area contributed by atoms with E-state index in [-0.39, 0.29) is 16.4 Å². The lowest BCUT2D eigenvalue weighted by molar-refractivity contribution is -0.123. The van der Waals surface area contributed by atoms with Gasteiger partial charge in [0.05, 0.1) is 5.56 Å². The molecule has 0 heterocycles. The molecule has 5 nitrogen and oxygen atoms in total. The fraction of sp³-hybridized carbons (Fsp3) is 0.167. The molecule has 0 aromatic heterocycles. The average Bonchev–Trinajstić information content (AvgIpc) is 2.57. The topological polar surface area (TPSA) is 72.5 Å². The van der Waals surface area contributed by atoms with Crippen LogP contribution < -0.4 is 5.32 Å². The fourth-order valence-corrected chi connectivity index (χ4v) is 2.16. The third-order valence-electron chi connectivity index (χ3n) is 3.34. The molecular weight excluding hydrogens is 349 g/mol. The van der Waals surface area contributed by atoms with Gasteiger partial charge in [-0.25, -0.2) is 9.18 Å². The van der Waals surface area contributed by atoms with Crippen molar-refractivity contribution in [2.45, 2.75) is 20.0 Å². The van der Waals surface area contributed by atoms with Crippen molar-refractivity contribution < 1.29 is 23.5 Å². The first-order valence-corrected chi connectivity index (χ1v) is 7.73. The lowest BCUT2D eigenvalue weighted by Gasteiger charge is -2.14. The number of amides is 1. The van der Waals surface area contributed by atoms with E-state index >= 15 is 0 Å². The van der Waals surface area contributed by atoms with Crippen LogP contribution in [-0.2, 0) is 9.53 Å². The maximum atomic E-state index is 13.6. The van der Waals surface area contributed by atoms with Gasteiger partial charge in [0, 0.05) is 16.3 Å². The van der Waals surface area contributed by atoms with Gasteiger partial charge in [0.15, 0.2) is 11.9 Å². The lowest BCUT2D eigenvalue weighted by atomic mass is 10.1. The second-order valence-electron chi connectivity index (χ2n) is 5.30. The summed E-state index contributed by atoms with van der Waals surface area (Å²) in [4.78, 5) is 35.5. The quantitative estimate of drug-likeness (QED) is 0.646. The molecule has 2 aromatic carbocycles. The number of benzene rings is 2. The minimum absolute atomic E-state index is 0.146. The largest absolute Gasteiger partial charge is 0.449 e. The first-order chi connectivity index (χ1) is 11.8. The van der Waals surface area contributed by atoms with E-state index in [0.717, 1.165) is 12.1 Å². The zero-order chi connectivity index (χ0) is 18.6. The molecule has 0 aliphatic heterocycles. The summed E-state index contributed by atoms with van der Waals surface area (Å²) in [5.74, 6) is -2.56. The number of anilines is 1. The first kappa shape index (κ1) is 18.6. The monoisotopic (exact) mass is 363 g/mol. The van der Waals surface area contributed by atoms with Crippen molar-refractivity contribution in [3.05, 3.63) is 64.4 Å². The summed E-state index contributed by atoms with van der Waals surface area (Å²) >= 11 is 5.73. The number of rotatable bonds is 5. The number of carbonyl (C=O) groups excluding carboxylic acids is 3. The molecule has 0 saturated heterocycles. The van der Waals surface area contributed by atoms with E-state index < -0.39 is 23.8 Å². The van der Waals surface area contributed by atoms with Crippen LogP contribution in [-0.4, -0.2) is 23.8 Å². The highest BCUT2D eigenvalue weighted by Crippen LogP contribution is 2.17. The molecule has 0 bridgehead atoms. The molecule has 0 aliphatic carbocycles. The Hall–Kier alpha value is -2.73. The number of Topliss-reactive ketones (excluding diaryl/α,β-unsaturated/α-hetero) is 1. The Morgan fingerprint density at radius 1 is 1.16 bits per heavy atom. The lowest BCUT2D eigenvalue weighted by Crippen LogP contribution is -2.30. The molecule has 0 spiro atoms. The second kappa shape index (κ2) is 7.90. The maximum absolute atomic E-state index is 13.6. The first-order valence-electron chi connectivity index (χ1n) is 7.36. The van der Waals surface area contributed by atoms with E-state index in [0.29, 0.717) is 11.3 Å². The van der Waals surface area contributed by atoms with Crippen LogP contribution in [0, 0.1) is 5.82 Å². The molecular formula is C18H15ClFNO4. The molecule has 0 saturated carbocycles. The Kier molecular flexibility index (Phi) is 5.88. The standard InChI is InChI=1S/C18H15ClFNO4/c1-10(22)12-4-3-5-14(8-12)21-17(23)11(2)25-18(24)15-9-13(19)6-7-16(15)20/h3-9,11H,1-2H3,(H,21,23). The van der Waals surface area contributed by atoms with E-state index in [2.05, 4.69) is 5.32 Å². The van der Waals surface area contributed by atoms with E-state index in [1.165, 1.54) is 26.0 Å². The van der Waals surface area contributed by atoms with Gasteiger partial charge in [0.1, 0.15) is 5.82 Å². The Morgan fingerprint density at radius 3 is 2.56 bits per heavy atom. The molecule has 1 amide bonds. The van der Waals surface area contributed by atoms with Crippen molar-refractivity contribution in [1.29, 1.82) is 0 Å². The number of nitrogens with one attached hydrogen (secondary N) is 1. The SMILES string of the molecule is CC(=O)c1cccc(NC(=O)C(C)OC(=O)c2cc(Cl)ccc2F)c1. The summed E-state index contributed by atoms with van der Waals surface area (Å²) in [6.45, 7) is 2.76. The molecule has 7 heteroatoms. The predicted molar refractivity (Wildman–Crippen MR) is 91.4 cm³/mol. The summed E-state index contributed by atoms with van der Waals surface area (Å²) in [5.41, 5.74) is 0.462. The normalized spacial score (nSPS) is 11.5. The Balaban J connectivity index is 2.05. The highest BCUT2D eigenvalue weighted by Gasteiger charge is 2.21. The van der Waals surface area contributed by atoms with Crippen molar-refractivity contribution in [2.24, 2.45) is 0 Å². The number of esters is 1. The Bertz CT molecular complexity index is 838. The summed E-state index contributed by atoms with van der Waals surface area (Å²) in [6.07, 6.45) is -1.17. The van der Waals surface area contributed by atoms with Crippen LogP contribution >= 0.6 is 11.6 Å². The van der Waals surface area contributed by atoms with E-state index in [9.17, 15) is 18.8 Å². The van der Waals surface area contributed by atoms with Crippen LogP contribution in [0.1, 0.15) is 34.6 Å². The van der Waals surface area contributed by atoms with Crippen LogP contribution in [0.4, 0.5) is 10.1 Å². The number of carbonyl (C=O) groups is 3. The highest BCUT2D eigenvalue weighted by atomic mass is 35.5. The molecule has 2 aromatic rings. The number of hydrogen-bond donors (Lipinski definition) is 1. The van der Waals surface area contributed by atoms with Gasteiger partial charge in [-0.1, -0.05) is 23.7 Å². The third kappa shape index (κ3) is 4.87. The van der Waals surface area contributed by atoms with Gasteiger partial charge in [0.25, 0.3) is 5.91 Å². The molecule has 130 valence electrons. The third-order valence-corrected chi connectivity index (χ3v) is 3.57. The van der Waals surface area contributed by atoms with Crippen molar-refractivity contribution in [1.82, 2.24) is 0 Å². The van der Waals surface area contributed by atoms with Crippen LogP contribution in [0.25, 0.3) is 0 Å². The molecule has 2 rings (SSSR count).